The van der Waals surface area contributed by atoms with Gasteiger partial charge in [-0.05, 0) is 228 Å². The first-order chi connectivity index (χ1) is 51.3. The van der Waals surface area contributed by atoms with E-state index in [1.165, 1.54) is 60.7 Å². The number of thioether (sulfide) groups is 2. The third-order valence-electron chi connectivity index (χ3n) is 15.3. The predicted octanol–water partition coefficient (Wildman–Crippen LogP) is 23.1. The van der Waals surface area contributed by atoms with E-state index in [1.54, 1.807) is 121 Å². The molecule has 12 rings (SSSR count). The topological polar surface area (TPSA) is 211 Å². The van der Waals surface area contributed by atoms with Gasteiger partial charge < -0.3 is 24.4 Å². The molecule has 13 nitrogen and oxygen atoms in total. The second-order valence-electron chi connectivity index (χ2n) is 23.3. The lowest BCUT2D eigenvalue weighted by atomic mass is 10.0. The van der Waals surface area contributed by atoms with Crippen LogP contribution in [0.1, 0.15) is 50.4 Å². The van der Waals surface area contributed by atoms with Crippen LogP contribution in [0.15, 0.2) is 289 Å². The van der Waals surface area contributed by atoms with Crippen molar-refractivity contribution >= 4 is 55.3 Å². The molecule has 29 heteroatoms. The number of aryl methyl sites for hydroxylation is 2. The van der Waals surface area contributed by atoms with Gasteiger partial charge in [-0.3, -0.25) is 18.7 Å². The number of hydrogen-bond donors (Lipinski definition) is 4. The molecule has 0 aliphatic heterocycles. The molecule has 0 fully saturated rings. The monoisotopic (exact) mass is 1600 g/mol. The molecule has 570 valence electrons. The summed E-state index contributed by atoms with van der Waals surface area (Å²) in [5.41, 5.74) is 9.53. The van der Waals surface area contributed by atoms with E-state index < -0.39 is 97.8 Å². The first-order valence-electron chi connectivity index (χ1n) is 31.5. The van der Waals surface area contributed by atoms with Crippen LogP contribution in [-0.4, -0.2) is 68.7 Å². The molecule has 0 saturated heterocycles. The quantitative estimate of drug-likeness (QED) is 0.0228. The zero-order chi connectivity index (χ0) is 79.2. The van der Waals surface area contributed by atoms with Gasteiger partial charge in [-0.25, -0.2) is 17.6 Å². The summed E-state index contributed by atoms with van der Waals surface area (Å²) < 4.78 is 238. The molecule has 0 atom stereocenters. The summed E-state index contributed by atoms with van der Waals surface area (Å²) in [7, 11) is -12.9. The highest BCUT2D eigenvalue weighted by Gasteiger charge is 2.67. The van der Waals surface area contributed by atoms with Crippen molar-refractivity contribution in [3.8, 4) is 79.4 Å². The molecule has 0 aromatic heterocycles. The van der Waals surface area contributed by atoms with Crippen molar-refractivity contribution in [3.05, 3.63) is 336 Å². The number of hydrogen-bond acceptors (Lipinski definition) is 13. The van der Waals surface area contributed by atoms with E-state index in [1.807, 2.05) is 86.6 Å². The summed E-state index contributed by atoms with van der Waals surface area (Å²) in [6, 6.07) is 71.7. The van der Waals surface area contributed by atoms with E-state index >= 15 is 0 Å². The maximum atomic E-state index is 14.8. The Labute approximate surface area is 631 Å². The van der Waals surface area contributed by atoms with E-state index in [-0.39, 0.29) is 47.7 Å². The van der Waals surface area contributed by atoms with E-state index in [4.69, 9.17) is 33.5 Å². The number of ether oxygens (including phenoxy) is 3. The third kappa shape index (κ3) is 22.2. The Balaban J connectivity index is 0.000000243. The van der Waals surface area contributed by atoms with E-state index in [0.29, 0.717) is 57.7 Å². The molecule has 0 aliphatic carbocycles. The molecule has 0 unspecified atom stereocenters. The first-order valence-corrected chi connectivity index (χ1v) is 36.1. The van der Waals surface area contributed by atoms with Crippen LogP contribution in [0.4, 0.5) is 52.7 Å². The van der Waals surface area contributed by atoms with Gasteiger partial charge in [0.2, 0.25) is 0 Å². The molecule has 110 heavy (non-hydrogen) atoms. The Hall–Kier alpha value is -11.3. The average Bonchev–Trinajstić information content (AvgIpc) is 0.772. The highest BCUT2D eigenvalue weighted by atomic mass is 32.2. The SMILES string of the molecule is C.Cc1ccc(C(=O)c2ccc(Oc3ccc(-c4ccc(Oc5ccc(SC(F)(F)C(F)(F)S(=O)(=O)O)c(Oc6ccc(-c7ccc(C)cc7)cc6)c5)cc4)cc3)cc2)cc1.O=C(c1ccc(F)cc1)c1ccc(F)cc1.O=S(=O)(O)C(F)(F)C(F)(F)Sc1cc(F)cc(F)c1.Oc1ccc(-c2ccc(O)cc2)cc1. The number of phenolic OH excluding ortho intramolecular Hbond substituents is 2. The Bertz CT molecular complexity index is 5260. The fraction of sp³-hybridized carbons (Fsp3) is 0.0864. The van der Waals surface area contributed by atoms with Gasteiger partial charge in [0.25, 0.3) is 0 Å². The number of carbonyl (C=O) groups excluding carboxylic acids is 2. The second-order valence-corrected chi connectivity index (χ2v) is 28.6. The minimum Gasteiger partial charge on any atom is -0.508 e. The van der Waals surface area contributed by atoms with Gasteiger partial charge in [0, 0.05) is 39.3 Å². The normalized spacial score (nSPS) is 11.6. The first kappa shape index (κ1) is 84.3. The molecular weight excluding hydrogens is 1540 g/mol. The maximum absolute atomic E-state index is 14.8. The number of aromatic hydroxyl groups is 2. The molecule has 12 aromatic rings. The van der Waals surface area contributed by atoms with Crippen LogP contribution in [0.25, 0.3) is 33.4 Å². The van der Waals surface area contributed by atoms with E-state index in [0.717, 1.165) is 50.6 Å². The Kier molecular flexibility index (Phi) is 27.4. The highest BCUT2D eigenvalue weighted by molar-refractivity contribution is 8.02. The summed E-state index contributed by atoms with van der Waals surface area (Å²) in [5.74, 6) is -1.81. The van der Waals surface area contributed by atoms with Crippen LogP contribution >= 0.6 is 23.5 Å². The Morgan fingerprint density at radius 1 is 0.327 bits per heavy atom. The van der Waals surface area contributed by atoms with Crippen molar-refractivity contribution in [3.63, 3.8) is 0 Å². The summed E-state index contributed by atoms with van der Waals surface area (Å²) in [6.07, 6.45) is 0. The number of alkyl halides is 8. The number of rotatable bonds is 21. The zero-order valence-corrected chi connectivity index (χ0v) is 59.5. The van der Waals surface area contributed by atoms with Gasteiger partial charge in [-0.1, -0.05) is 128 Å². The lowest BCUT2D eigenvalue weighted by molar-refractivity contribution is -0.0947. The summed E-state index contributed by atoms with van der Waals surface area (Å²) in [5, 5.41) is -4.01. The predicted molar refractivity (Wildman–Crippen MR) is 395 cm³/mol. The molecule has 0 heterocycles. The zero-order valence-electron chi connectivity index (χ0n) is 56.2. The van der Waals surface area contributed by atoms with Crippen molar-refractivity contribution in [2.45, 2.75) is 52.1 Å². The fourth-order valence-electron chi connectivity index (χ4n) is 9.52. The van der Waals surface area contributed by atoms with Crippen molar-refractivity contribution in [1.82, 2.24) is 0 Å². The number of halogens is 12. The van der Waals surface area contributed by atoms with Crippen molar-refractivity contribution < 1.29 is 113 Å². The molecule has 0 spiro atoms. The molecule has 0 aliphatic rings. The van der Waals surface area contributed by atoms with Crippen LogP contribution in [0.3, 0.4) is 0 Å². The number of carbonyl (C=O) groups is 2. The van der Waals surface area contributed by atoms with Crippen molar-refractivity contribution in [2.24, 2.45) is 0 Å². The number of phenols is 2. The van der Waals surface area contributed by atoms with Gasteiger partial charge in [0.05, 0.1) is 4.90 Å². The number of benzene rings is 12. The van der Waals surface area contributed by atoms with Gasteiger partial charge in [-0.2, -0.15) is 52.0 Å². The molecular formula is C81H60F12O13S4. The van der Waals surface area contributed by atoms with Gasteiger partial charge in [-0.15, -0.1) is 0 Å². The van der Waals surface area contributed by atoms with Crippen LogP contribution < -0.4 is 14.2 Å². The van der Waals surface area contributed by atoms with Crippen molar-refractivity contribution in [2.75, 3.05) is 0 Å². The minimum atomic E-state index is -6.47. The molecule has 0 radical (unpaired) electrons. The standard InChI is InChI=1S/C47H34F4O7S2.C13H8F2O.C12H10O2.C8H4F6O3S2.CH4/c1-30-3-7-32(8-4-30)33-15-23-41(24-16-33)58-43-29-42(27-28-44(43)59-46(48,49)47(50,51)60(53,54)55)57-40-21-13-35(14-22-40)34-11-19-38(20-12-34)56-39-25-17-37(18-26-39)45(52)36-9-5-31(2)6-10-36;14-11-5-1-9(2-6-11)13(16)10-3-7-12(15)8-4-10;13-11-5-1-9(2-6-11)10-3-7-12(14)8-4-10;9-4-1-5(10)3-6(2-4)18-7(11,12)8(13,14)19(15,16)17;/h3-29H,1-2H3,(H,53,54,55);1-8H;1-8,13-14H;1-3H,(H,15,16,17);1H4. The largest absolute Gasteiger partial charge is 0.508 e. The smallest absolute Gasteiger partial charge is 0.442 e. The van der Waals surface area contributed by atoms with E-state index in [2.05, 4.69) is 0 Å². The fourth-order valence-corrected chi connectivity index (χ4v) is 12.5. The molecule has 0 bridgehead atoms. The maximum Gasteiger partial charge on any atom is 0.442 e. The highest BCUT2D eigenvalue weighted by Crippen LogP contribution is 2.53. The Morgan fingerprint density at radius 2 is 0.591 bits per heavy atom. The van der Waals surface area contributed by atoms with Gasteiger partial charge >= 0.3 is 41.3 Å². The minimum absolute atomic E-state index is 0. The van der Waals surface area contributed by atoms with Crippen LogP contribution in [0.2, 0.25) is 0 Å². The van der Waals surface area contributed by atoms with Crippen molar-refractivity contribution in [1.29, 1.82) is 0 Å². The molecule has 12 aromatic carbocycles. The lowest BCUT2D eigenvalue weighted by Gasteiger charge is -2.24. The Morgan fingerprint density at radius 3 is 0.936 bits per heavy atom. The summed E-state index contributed by atoms with van der Waals surface area (Å²) in [4.78, 5) is 23.1. The lowest BCUT2D eigenvalue weighted by Crippen LogP contribution is -2.44. The van der Waals surface area contributed by atoms with Gasteiger partial charge in [0.15, 0.2) is 11.6 Å². The molecule has 4 N–H and O–H groups in total. The van der Waals surface area contributed by atoms with E-state index in [9.17, 15) is 79.1 Å². The molecule has 0 saturated carbocycles. The van der Waals surface area contributed by atoms with Gasteiger partial charge in [0.1, 0.15) is 69.3 Å². The summed E-state index contributed by atoms with van der Waals surface area (Å²) >= 11 is -1.88. The second kappa shape index (κ2) is 35.8. The van der Waals surface area contributed by atoms with Crippen LogP contribution in [0.5, 0.6) is 46.0 Å². The van der Waals surface area contributed by atoms with Crippen LogP contribution in [0, 0.1) is 37.1 Å². The average molecular weight is 1600 g/mol. The number of ketones is 2. The summed E-state index contributed by atoms with van der Waals surface area (Å²) in [6.45, 7) is 3.92. The third-order valence-corrected chi connectivity index (χ3v) is 19.4. The van der Waals surface area contributed by atoms with Crippen LogP contribution in [-0.2, 0) is 20.2 Å². The molecule has 0 amide bonds.